The predicted molar refractivity (Wildman–Crippen MR) is 203 cm³/mol. The minimum atomic E-state index is 1.15. The van der Waals surface area contributed by atoms with Crippen molar-refractivity contribution in [1.82, 2.24) is 0 Å². The molecule has 0 aliphatic rings. The fraction of sp³-hybridized carbons (Fsp3) is 0.227. The SMILES string of the molecule is Cc1cc(C)c(-c2ccc(N(c3ccc(-c4c(C)cc(C)cc4C)cc3)c3cc(C)c(-c4sc(C)cc4C)c(C)c3)cc2)c(C)c1. The molecule has 46 heavy (non-hydrogen) atoms. The first-order valence-corrected chi connectivity index (χ1v) is 17.1. The molecule has 2 heteroatoms. The first-order valence-electron chi connectivity index (χ1n) is 16.3. The fourth-order valence-corrected chi connectivity index (χ4v) is 8.79. The predicted octanol–water partition coefficient (Wildman–Crippen LogP) is 13.3. The molecule has 1 nitrogen and oxygen atoms in total. The van der Waals surface area contributed by atoms with Crippen molar-refractivity contribution in [3.63, 3.8) is 0 Å². The highest BCUT2D eigenvalue weighted by molar-refractivity contribution is 7.15. The van der Waals surface area contributed by atoms with Crippen LogP contribution in [-0.2, 0) is 0 Å². The number of hydrogen-bond donors (Lipinski definition) is 0. The van der Waals surface area contributed by atoms with Gasteiger partial charge in [0.15, 0.2) is 0 Å². The smallest absolute Gasteiger partial charge is 0.0467 e. The van der Waals surface area contributed by atoms with E-state index in [-0.39, 0.29) is 0 Å². The molecule has 0 saturated heterocycles. The molecule has 0 N–H and O–H groups in total. The molecular weight excluding hydrogens is 575 g/mol. The first kappa shape index (κ1) is 31.6. The molecule has 6 rings (SSSR count). The van der Waals surface area contributed by atoms with E-state index in [0.717, 1.165) is 11.4 Å². The lowest BCUT2D eigenvalue weighted by Gasteiger charge is -2.28. The van der Waals surface area contributed by atoms with E-state index in [1.165, 1.54) is 93.3 Å². The third-order valence-corrected chi connectivity index (χ3v) is 10.4. The molecule has 0 saturated carbocycles. The van der Waals surface area contributed by atoms with Crippen LogP contribution in [0.5, 0.6) is 0 Å². The van der Waals surface area contributed by atoms with Crippen LogP contribution in [0.4, 0.5) is 17.1 Å². The van der Waals surface area contributed by atoms with Crippen molar-refractivity contribution in [2.24, 2.45) is 0 Å². The zero-order valence-electron chi connectivity index (χ0n) is 29.0. The highest BCUT2D eigenvalue weighted by Gasteiger charge is 2.19. The molecule has 1 aromatic heterocycles. The standard InChI is InChI=1S/C44H45NS/c1-26-19-28(3)41(29(4)20-26)36-11-15-38(16-12-36)45(39-17-13-37(14-18-39)42-30(5)21-27(2)22-31(42)6)40-24-32(7)43(33(8)25-40)44-34(9)23-35(10)46-44/h11-25H,1-10H3. The van der Waals surface area contributed by atoms with Crippen LogP contribution >= 0.6 is 11.3 Å². The quantitative estimate of drug-likeness (QED) is 0.179. The molecule has 0 spiro atoms. The summed E-state index contributed by atoms with van der Waals surface area (Å²) >= 11 is 1.89. The van der Waals surface area contributed by atoms with E-state index in [1.807, 2.05) is 11.3 Å². The monoisotopic (exact) mass is 619 g/mol. The van der Waals surface area contributed by atoms with Gasteiger partial charge in [0.1, 0.15) is 0 Å². The van der Waals surface area contributed by atoms with Crippen LogP contribution < -0.4 is 4.90 Å². The maximum atomic E-state index is 2.41. The lowest BCUT2D eigenvalue weighted by atomic mass is 9.93. The van der Waals surface area contributed by atoms with Gasteiger partial charge in [0.25, 0.3) is 0 Å². The molecule has 1 heterocycles. The summed E-state index contributed by atoms with van der Waals surface area (Å²) in [6, 6.07) is 34.4. The Morgan fingerprint density at radius 2 is 0.739 bits per heavy atom. The summed E-state index contributed by atoms with van der Waals surface area (Å²) in [6.07, 6.45) is 0. The van der Waals surface area contributed by atoms with Crippen molar-refractivity contribution >= 4 is 28.4 Å². The van der Waals surface area contributed by atoms with Crippen molar-refractivity contribution in [2.75, 3.05) is 4.90 Å². The van der Waals surface area contributed by atoms with E-state index in [2.05, 4.69) is 165 Å². The molecule has 232 valence electrons. The van der Waals surface area contributed by atoms with Gasteiger partial charge in [-0.3, -0.25) is 0 Å². The Bertz CT molecular complexity index is 1900. The zero-order chi connectivity index (χ0) is 32.9. The van der Waals surface area contributed by atoms with E-state index >= 15 is 0 Å². The Balaban J connectivity index is 1.48. The summed E-state index contributed by atoms with van der Waals surface area (Å²) in [5, 5.41) is 0. The summed E-state index contributed by atoms with van der Waals surface area (Å²) in [5.41, 5.74) is 21.9. The number of hydrogen-bond acceptors (Lipinski definition) is 2. The first-order chi connectivity index (χ1) is 21.9. The number of nitrogens with zero attached hydrogens (tertiary/aromatic N) is 1. The van der Waals surface area contributed by atoms with Gasteiger partial charge in [0, 0.05) is 26.8 Å². The largest absolute Gasteiger partial charge is 0.310 e. The van der Waals surface area contributed by atoms with Crippen molar-refractivity contribution in [3.8, 4) is 32.7 Å². The number of rotatable bonds is 6. The van der Waals surface area contributed by atoms with Crippen molar-refractivity contribution in [2.45, 2.75) is 69.2 Å². The minimum absolute atomic E-state index is 1.15. The Hall–Kier alpha value is -4.40. The van der Waals surface area contributed by atoms with Crippen molar-refractivity contribution < 1.29 is 0 Å². The van der Waals surface area contributed by atoms with E-state index in [4.69, 9.17) is 0 Å². The third kappa shape index (κ3) is 5.95. The molecular formula is C44H45NS. The van der Waals surface area contributed by atoms with Crippen molar-refractivity contribution in [3.05, 3.63) is 146 Å². The summed E-state index contributed by atoms with van der Waals surface area (Å²) in [4.78, 5) is 5.15. The van der Waals surface area contributed by atoms with Gasteiger partial charge < -0.3 is 4.90 Å². The van der Waals surface area contributed by atoms with Crippen LogP contribution in [0.1, 0.15) is 54.9 Å². The minimum Gasteiger partial charge on any atom is -0.310 e. The lowest BCUT2D eigenvalue weighted by Crippen LogP contribution is -2.11. The number of anilines is 3. The van der Waals surface area contributed by atoms with E-state index in [0.29, 0.717) is 0 Å². The Kier molecular flexibility index (Phi) is 8.53. The second-order valence-electron chi connectivity index (χ2n) is 13.3. The van der Waals surface area contributed by atoms with Gasteiger partial charge in [0.05, 0.1) is 0 Å². The van der Waals surface area contributed by atoms with E-state index in [1.54, 1.807) is 0 Å². The molecule has 0 radical (unpaired) electrons. The van der Waals surface area contributed by atoms with Crippen LogP contribution in [0.3, 0.4) is 0 Å². The zero-order valence-corrected chi connectivity index (χ0v) is 29.8. The molecule has 0 aliphatic carbocycles. The average Bonchev–Trinajstić information content (AvgIpc) is 3.30. The Labute approximate surface area is 280 Å². The summed E-state index contributed by atoms with van der Waals surface area (Å²) in [5.74, 6) is 0. The van der Waals surface area contributed by atoms with Crippen LogP contribution in [0.15, 0.2) is 91.0 Å². The average molecular weight is 620 g/mol. The number of thiophene rings is 1. The fourth-order valence-electron chi connectivity index (χ4n) is 7.59. The number of aryl methyl sites for hydroxylation is 10. The maximum absolute atomic E-state index is 2.41. The molecule has 0 unspecified atom stereocenters. The summed E-state index contributed by atoms with van der Waals surface area (Å²) in [6.45, 7) is 22.2. The van der Waals surface area contributed by atoms with Gasteiger partial charge in [0.2, 0.25) is 0 Å². The van der Waals surface area contributed by atoms with Gasteiger partial charge >= 0.3 is 0 Å². The normalized spacial score (nSPS) is 11.3. The second kappa shape index (κ2) is 12.4. The Morgan fingerprint density at radius 1 is 0.370 bits per heavy atom. The van der Waals surface area contributed by atoms with Gasteiger partial charge in [-0.05, 0) is 178 Å². The highest BCUT2D eigenvalue weighted by atomic mass is 32.1. The number of benzene rings is 5. The summed E-state index contributed by atoms with van der Waals surface area (Å²) < 4.78 is 0. The maximum Gasteiger partial charge on any atom is 0.0467 e. The van der Waals surface area contributed by atoms with Crippen LogP contribution in [-0.4, -0.2) is 0 Å². The molecule has 6 aromatic rings. The van der Waals surface area contributed by atoms with Gasteiger partial charge in [-0.1, -0.05) is 59.7 Å². The van der Waals surface area contributed by atoms with Gasteiger partial charge in [-0.15, -0.1) is 11.3 Å². The van der Waals surface area contributed by atoms with E-state index in [9.17, 15) is 0 Å². The Morgan fingerprint density at radius 3 is 1.09 bits per heavy atom. The second-order valence-corrected chi connectivity index (χ2v) is 14.6. The van der Waals surface area contributed by atoms with Crippen molar-refractivity contribution in [1.29, 1.82) is 0 Å². The molecule has 0 aliphatic heterocycles. The molecule has 5 aromatic carbocycles. The van der Waals surface area contributed by atoms with E-state index < -0.39 is 0 Å². The highest BCUT2D eigenvalue weighted by Crippen LogP contribution is 2.43. The molecule has 0 atom stereocenters. The molecule has 0 fully saturated rings. The van der Waals surface area contributed by atoms with Crippen LogP contribution in [0.2, 0.25) is 0 Å². The van der Waals surface area contributed by atoms with Gasteiger partial charge in [-0.25, -0.2) is 0 Å². The van der Waals surface area contributed by atoms with Crippen LogP contribution in [0.25, 0.3) is 32.7 Å². The topological polar surface area (TPSA) is 3.24 Å². The van der Waals surface area contributed by atoms with Gasteiger partial charge in [-0.2, -0.15) is 0 Å². The molecule has 0 bridgehead atoms. The summed E-state index contributed by atoms with van der Waals surface area (Å²) in [7, 11) is 0. The third-order valence-electron chi connectivity index (χ3n) is 9.23. The van der Waals surface area contributed by atoms with Crippen LogP contribution in [0, 0.1) is 69.2 Å². The lowest BCUT2D eigenvalue weighted by molar-refractivity contribution is 1.25. The molecule has 0 amide bonds.